The maximum Gasteiger partial charge on any atom is 0.224 e. The fourth-order valence-corrected chi connectivity index (χ4v) is 2.57. The van der Waals surface area contributed by atoms with Gasteiger partial charge in [-0.2, -0.15) is 0 Å². The summed E-state index contributed by atoms with van der Waals surface area (Å²) >= 11 is 9.18. The molecule has 1 heterocycles. The molecule has 0 aliphatic heterocycles. The zero-order chi connectivity index (χ0) is 16.5. The molecule has 122 valence electrons. The first-order valence-corrected chi connectivity index (χ1v) is 8.60. The Balaban J connectivity index is 1.57. The van der Waals surface area contributed by atoms with Gasteiger partial charge < -0.3 is 10.1 Å². The molecule has 1 amide bonds. The number of halogens is 2. The van der Waals surface area contributed by atoms with Crippen molar-refractivity contribution in [1.82, 2.24) is 4.98 Å². The number of hydrogen-bond acceptors (Lipinski definition) is 3. The van der Waals surface area contributed by atoms with Crippen LogP contribution < -0.4 is 10.1 Å². The highest BCUT2D eigenvalue weighted by molar-refractivity contribution is 9.10. The Morgan fingerprint density at radius 3 is 2.87 bits per heavy atom. The highest BCUT2D eigenvalue weighted by atomic mass is 79.9. The zero-order valence-corrected chi connectivity index (χ0v) is 14.9. The van der Waals surface area contributed by atoms with E-state index in [1.165, 1.54) is 0 Å². The highest BCUT2D eigenvalue weighted by Gasteiger charge is 2.03. The monoisotopic (exact) mass is 396 g/mol. The van der Waals surface area contributed by atoms with Crippen molar-refractivity contribution in [2.45, 2.75) is 25.7 Å². The van der Waals surface area contributed by atoms with Crippen molar-refractivity contribution in [3.63, 3.8) is 0 Å². The van der Waals surface area contributed by atoms with Crippen molar-refractivity contribution in [2.24, 2.45) is 0 Å². The number of amides is 1. The normalized spacial score (nSPS) is 10.3. The minimum atomic E-state index is -0.0137. The molecule has 0 bridgehead atoms. The number of pyridine rings is 1. The van der Waals surface area contributed by atoms with Gasteiger partial charge in [0.05, 0.1) is 6.61 Å². The summed E-state index contributed by atoms with van der Waals surface area (Å²) in [6.07, 6.45) is 4.74. The molecular formula is C17H18BrClN2O2. The fraction of sp³-hybridized carbons (Fsp3) is 0.294. The molecule has 0 unspecified atom stereocenters. The molecule has 1 aromatic carbocycles. The Morgan fingerprint density at radius 1 is 1.22 bits per heavy atom. The number of carbonyl (C=O) groups is 1. The molecular weight excluding hydrogens is 380 g/mol. The summed E-state index contributed by atoms with van der Waals surface area (Å²) in [5, 5.41) is 3.17. The molecule has 1 N–H and O–H groups in total. The van der Waals surface area contributed by atoms with Crippen LogP contribution in [0, 0.1) is 0 Å². The Hall–Kier alpha value is -1.59. The summed E-state index contributed by atoms with van der Waals surface area (Å²) < 4.78 is 6.65. The lowest BCUT2D eigenvalue weighted by Crippen LogP contribution is -2.11. The van der Waals surface area contributed by atoms with E-state index in [1.54, 1.807) is 18.3 Å². The lowest BCUT2D eigenvalue weighted by atomic mass is 10.2. The van der Waals surface area contributed by atoms with Crippen LogP contribution in [0.1, 0.15) is 25.7 Å². The summed E-state index contributed by atoms with van der Waals surface area (Å²) in [6.45, 7) is 0.651. The number of anilines is 1. The lowest BCUT2D eigenvalue weighted by molar-refractivity contribution is -0.116. The average Bonchev–Trinajstić information content (AvgIpc) is 2.51. The number of benzene rings is 1. The molecule has 0 fully saturated rings. The van der Waals surface area contributed by atoms with Crippen molar-refractivity contribution in [1.29, 1.82) is 0 Å². The van der Waals surface area contributed by atoms with Crippen molar-refractivity contribution in [3.05, 3.63) is 52.2 Å². The molecule has 0 aliphatic carbocycles. The molecule has 1 aromatic heterocycles. The second-order valence-corrected chi connectivity index (χ2v) is 6.33. The third-order valence-corrected chi connectivity index (χ3v) is 3.82. The second-order valence-electron chi connectivity index (χ2n) is 5.03. The first-order valence-electron chi connectivity index (χ1n) is 7.43. The van der Waals surface area contributed by atoms with Crippen molar-refractivity contribution < 1.29 is 9.53 Å². The van der Waals surface area contributed by atoms with Gasteiger partial charge in [0.25, 0.3) is 0 Å². The largest absolute Gasteiger partial charge is 0.494 e. The molecule has 6 heteroatoms. The number of nitrogens with zero attached hydrogens (tertiary/aromatic N) is 1. The van der Waals surface area contributed by atoms with Crippen LogP contribution in [0.15, 0.2) is 47.1 Å². The Labute approximate surface area is 149 Å². The van der Waals surface area contributed by atoms with E-state index in [0.717, 1.165) is 29.5 Å². The number of nitrogens with one attached hydrogen (secondary N) is 1. The van der Waals surface area contributed by atoms with Crippen molar-refractivity contribution in [3.8, 4) is 5.75 Å². The van der Waals surface area contributed by atoms with Crippen molar-refractivity contribution >= 4 is 39.1 Å². The minimum absolute atomic E-state index is 0.0137. The number of aromatic nitrogens is 1. The molecule has 0 saturated heterocycles. The SMILES string of the molecule is O=C(CCCCCOc1cccc(Br)c1)Nc1ccnc(Cl)c1. The third-order valence-electron chi connectivity index (χ3n) is 3.12. The van der Waals surface area contributed by atoms with E-state index in [1.807, 2.05) is 24.3 Å². The number of carbonyl (C=O) groups excluding carboxylic acids is 1. The Bertz CT molecular complexity index is 652. The van der Waals surface area contributed by atoms with E-state index < -0.39 is 0 Å². The minimum Gasteiger partial charge on any atom is -0.494 e. The molecule has 0 saturated carbocycles. The first-order chi connectivity index (χ1) is 11.1. The van der Waals surface area contributed by atoms with E-state index in [9.17, 15) is 4.79 Å². The highest BCUT2D eigenvalue weighted by Crippen LogP contribution is 2.18. The van der Waals surface area contributed by atoms with Crippen LogP contribution in [0.25, 0.3) is 0 Å². The van der Waals surface area contributed by atoms with Crippen LogP contribution in [0.4, 0.5) is 5.69 Å². The molecule has 2 aromatic rings. The van der Waals surface area contributed by atoms with Crippen LogP contribution >= 0.6 is 27.5 Å². The topological polar surface area (TPSA) is 51.2 Å². The lowest BCUT2D eigenvalue weighted by Gasteiger charge is -2.07. The molecule has 2 rings (SSSR count). The van der Waals surface area contributed by atoms with Gasteiger partial charge in [0, 0.05) is 22.8 Å². The van der Waals surface area contributed by atoms with Crippen LogP contribution in [0.2, 0.25) is 5.15 Å². The summed E-state index contributed by atoms with van der Waals surface area (Å²) in [6, 6.07) is 11.1. The second kappa shape index (κ2) is 9.53. The summed E-state index contributed by atoms with van der Waals surface area (Å²) in [5.74, 6) is 0.840. The predicted octanol–water partition coefficient (Wildman–Crippen LogP) is 5.08. The van der Waals surface area contributed by atoms with Crippen LogP contribution in [0.5, 0.6) is 5.75 Å². The van der Waals surface area contributed by atoms with Gasteiger partial charge in [-0.1, -0.05) is 33.6 Å². The van der Waals surface area contributed by atoms with Gasteiger partial charge in [0.15, 0.2) is 0 Å². The number of ether oxygens (including phenoxy) is 1. The third kappa shape index (κ3) is 7.01. The Morgan fingerprint density at radius 2 is 2.09 bits per heavy atom. The summed E-state index contributed by atoms with van der Waals surface area (Å²) in [5.41, 5.74) is 0.674. The zero-order valence-electron chi connectivity index (χ0n) is 12.6. The van der Waals surface area contributed by atoms with Crippen LogP contribution in [-0.2, 0) is 4.79 Å². The molecule has 4 nitrogen and oxygen atoms in total. The van der Waals surface area contributed by atoms with Gasteiger partial charge in [-0.05, 0) is 49.6 Å². The standard InChI is InChI=1S/C17H18BrClN2O2/c18-13-5-4-6-15(11-13)23-10-3-1-2-7-17(22)21-14-8-9-20-16(19)12-14/h4-6,8-9,11-12H,1-3,7,10H2,(H,20,21,22). The van der Waals surface area contributed by atoms with E-state index >= 15 is 0 Å². The van der Waals surface area contributed by atoms with Crippen LogP contribution in [-0.4, -0.2) is 17.5 Å². The molecule has 23 heavy (non-hydrogen) atoms. The Kier molecular flexibility index (Phi) is 7.36. The van der Waals surface area contributed by atoms with E-state index in [0.29, 0.717) is 23.9 Å². The van der Waals surface area contributed by atoms with Gasteiger partial charge in [-0.15, -0.1) is 0 Å². The maximum absolute atomic E-state index is 11.8. The fourth-order valence-electron chi connectivity index (χ4n) is 2.01. The molecule has 0 aliphatic rings. The number of rotatable bonds is 8. The van der Waals surface area contributed by atoms with Gasteiger partial charge in [0.2, 0.25) is 5.91 Å². The van der Waals surface area contributed by atoms with E-state index in [4.69, 9.17) is 16.3 Å². The number of unbranched alkanes of at least 4 members (excludes halogenated alkanes) is 2. The van der Waals surface area contributed by atoms with Gasteiger partial charge in [-0.3, -0.25) is 4.79 Å². The summed E-state index contributed by atoms with van der Waals surface area (Å²) in [4.78, 5) is 15.7. The molecule has 0 radical (unpaired) electrons. The quantitative estimate of drug-likeness (QED) is 0.499. The van der Waals surface area contributed by atoms with E-state index in [-0.39, 0.29) is 5.91 Å². The van der Waals surface area contributed by atoms with Crippen molar-refractivity contribution in [2.75, 3.05) is 11.9 Å². The number of hydrogen-bond donors (Lipinski definition) is 1. The van der Waals surface area contributed by atoms with E-state index in [2.05, 4.69) is 26.2 Å². The molecule has 0 atom stereocenters. The predicted molar refractivity (Wildman–Crippen MR) is 96.0 cm³/mol. The maximum atomic E-state index is 11.8. The summed E-state index contributed by atoms with van der Waals surface area (Å²) in [7, 11) is 0. The smallest absolute Gasteiger partial charge is 0.224 e. The van der Waals surface area contributed by atoms with Gasteiger partial charge in [-0.25, -0.2) is 4.98 Å². The average molecular weight is 398 g/mol. The molecule has 0 spiro atoms. The van der Waals surface area contributed by atoms with Gasteiger partial charge in [0.1, 0.15) is 10.9 Å². The van der Waals surface area contributed by atoms with Crippen LogP contribution in [0.3, 0.4) is 0 Å². The van der Waals surface area contributed by atoms with Gasteiger partial charge >= 0.3 is 0 Å². The first kappa shape index (κ1) is 17.8.